The number of H-pyrrole nitrogens is 1. The number of aromatic amines is 1. The molecule has 1 aliphatic heterocycles. The first-order valence-electron chi connectivity index (χ1n) is 5.79. The van der Waals surface area contributed by atoms with Gasteiger partial charge in [0.25, 0.3) is 0 Å². The first kappa shape index (κ1) is 10.9. The van der Waals surface area contributed by atoms with Crippen molar-refractivity contribution in [2.75, 3.05) is 13.1 Å². The van der Waals surface area contributed by atoms with Gasteiger partial charge in [0, 0.05) is 24.4 Å². The average Bonchev–Trinajstić information content (AvgIpc) is 2.99. The van der Waals surface area contributed by atoms with Crippen molar-refractivity contribution in [2.24, 2.45) is 0 Å². The van der Waals surface area contributed by atoms with E-state index in [9.17, 15) is 0 Å². The summed E-state index contributed by atoms with van der Waals surface area (Å²) in [5.41, 5.74) is 3.06. The van der Waals surface area contributed by atoms with E-state index in [0.29, 0.717) is 5.92 Å². The molecule has 2 aromatic rings. The number of nitrogens with zero attached hydrogens (tertiary/aromatic N) is 4. The highest BCUT2D eigenvalue weighted by Gasteiger charge is 2.26. The Morgan fingerprint density at radius 2 is 2.53 bits per heavy atom. The van der Waals surface area contributed by atoms with Gasteiger partial charge in [0.1, 0.15) is 5.82 Å². The first-order valence-corrected chi connectivity index (χ1v) is 6.74. The Hall–Kier alpha value is -1.27. The highest BCUT2D eigenvalue weighted by molar-refractivity contribution is 7.07. The molecule has 3 rings (SSSR count). The molecule has 0 spiro atoms. The van der Waals surface area contributed by atoms with Crippen LogP contribution < -0.4 is 0 Å². The molecule has 90 valence electrons. The third kappa shape index (κ3) is 2.37. The van der Waals surface area contributed by atoms with Gasteiger partial charge >= 0.3 is 0 Å². The lowest BCUT2D eigenvalue weighted by Gasteiger charge is -2.13. The maximum atomic E-state index is 4.42. The number of aromatic nitrogens is 4. The number of thiazole rings is 1. The van der Waals surface area contributed by atoms with Gasteiger partial charge in [0.15, 0.2) is 5.82 Å². The molecule has 6 heteroatoms. The summed E-state index contributed by atoms with van der Waals surface area (Å²) < 4.78 is 0. The summed E-state index contributed by atoms with van der Waals surface area (Å²) in [6.45, 7) is 5.03. The molecular formula is C11H15N5S. The van der Waals surface area contributed by atoms with E-state index < -0.39 is 0 Å². The van der Waals surface area contributed by atoms with Crippen molar-refractivity contribution < 1.29 is 0 Å². The number of rotatable bonds is 3. The van der Waals surface area contributed by atoms with Crippen LogP contribution in [-0.4, -0.2) is 38.2 Å². The third-order valence-corrected chi connectivity index (χ3v) is 3.76. The van der Waals surface area contributed by atoms with Crippen molar-refractivity contribution in [1.29, 1.82) is 0 Å². The van der Waals surface area contributed by atoms with Crippen LogP contribution in [0.5, 0.6) is 0 Å². The maximum Gasteiger partial charge on any atom is 0.155 e. The predicted octanol–water partition coefficient (Wildman–Crippen LogP) is 1.56. The Bertz CT molecular complexity index is 478. The van der Waals surface area contributed by atoms with E-state index in [0.717, 1.165) is 37.7 Å². The van der Waals surface area contributed by atoms with Gasteiger partial charge in [-0.1, -0.05) is 0 Å². The van der Waals surface area contributed by atoms with E-state index in [1.165, 1.54) is 5.69 Å². The molecule has 5 nitrogen and oxygen atoms in total. The topological polar surface area (TPSA) is 57.7 Å². The Morgan fingerprint density at radius 3 is 3.24 bits per heavy atom. The Labute approximate surface area is 104 Å². The molecule has 0 amide bonds. The van der Waals surface area contributed by atoms with Gasteiger partial charge in [-0.15, -0.1) is 11.3 Å². The standard InChI is InChI=1S/C11H15N5S/c1-8-13-11(15-14-8)9-2-3-16(4-9)5-10-6-17-7-12-10/h6-7,9H,2-5H2,1H3,(H,13,14,15). The maximum absolute atomic E-state index is 4.42. The predicted molar refractivity (Wildman–Crippen MR) is 65.9 cm³/mol. The van der Waals surface area contributed by atoms with Crippen LogP contribution in [-0.2, 0) is 6.54 Å². The minimum atomic E-state index is 0.471. The van der Waals surface area contributed by atoms with Gasteiger partial charge in [-0.25, -0.2) is 9.97 Å². The normalized spacial score (nSPS) is 21.1. The monoisotopic (exact) mass is 249 g/mol. The van der Waals surface area contributed by atoms with Gasteiger partial charge in [-0.05, 0) is 19.9 Å². The summed E-state index contributed by atoms with van der Waals surface area (Å²) in [5, 5.41) is 9.28. The third-order valence-electron chi connectivity index (χ3n) is 3.12. The zero-order valence-electron chi connectivity index (χ0n) is 9.76. The summed E-state index contributed by atoms with van der Waals surface area (Å²) in [5.74, 6) is 2.33. The molecule has 17 heavy (non-hydrogen) atoms. The molecule has 0 aromatic carbocycles. The lowest BCUT2D eigenvalue weighted by molar-refractivity contribution is 0.322. The van der Waals surface area contributed by atoms with Crippen molar-refractivity contribution in [1.82, 2.24) is 25.1 Å². The highest BCUT2D eigenvalue weighted by atomic mass is 32.1. The zero-order valence-corrected chi connectivity index (χ0v) is 10.6. The number of likely N-dealkylation sites (tertiary alicyclic amines) is 1. The molecular weight excluding hydrogens is 234 g/mol. The quantitative estimate of drug-likeness (QED) is 0.897. The molecule has 0 aliphatic carbocycles. The summed E-state index contributed by atoms with van der Waals surface area (Å²) in [6, 6.07) is 0. The Balaban J connectivity index is 1.62. The molecule has 1 saturated heterocycles. The van der Waals surface area contributed by atoms with Crippen LogP contribution in [0, 0.1) is 6.92 Å². The van der Waals surface area contributed by atoms with E-state index in [2.05, 4.69) is 30.4 Å². The van der Waals surface area contributed by atoms with Gasteiger partial charge in [0.05, 0.1) is 11.2 Å². The fraction of sp³-hybridized carbons (Fsp3) is 0.545. The van der Waals surface area contributed by atoms with Crippen molar-refractivity contribution in [3.63, 3.8) is 0 Å². The van der Waals surface area contributed by atoms with E-state index >= 15 is 0 Å². The molecule has 0 saturated carbocycles. The van der Waals surface area contributed by atoms with E-state index in [1.807, 2.05) is 12.4 Å². The van der Waals surface area contributed by atoms with Crippen molar-refractivity contribution in [3.05, 3.63) is 28.2 Å². The van der Waals surface area contributed by atoms with Gasteiger partial charge in [-0.3, -0.25) is 10.00 Å². The second kappa shape index (κ2) is 4.54. The van der Waals surface area contributed by atoms with Crippen LogP contribution >= 0.6 is 11.3 Å². The van der Waals surface area contributed by atoms with Crippen LogP contribution in [0.2, 0.25) is 0 Å². The fourth-order valence-corrected chi connectivity index (χ4v) is 2.82. The van der Waals surface area contributed by atoms with E-state index in [-0.39, 0.29) is 0 Å². The molecule has 3 heterocycles. The summed E-state index contributed by atoms with van der Waals surface area (Å²) >= 11 is 1.66. The van der Waals surface area contributed by atoms with E-state index in [1.54, 1.807) is 11.3 Å². The molecule has 0 radical (unpaired) electrons. The highest BCUT2D eigenvalue weighted by Crippen LogP contribution is 2.25. The number of aryl methyl sites for hydroxylation is 1. The minimum absolute atomic E-state index is 0.471. The number of hydrogen-bond donors (Lipinski definition) is 1. The number of nitrogens with one attached hydrogen (secondary N) is 1. The van der Waals surface area contributed by atoms with Crippen LogP contribution in [0.1, 0.15) is 29.7 Å². The molecule has 0 bridgehead atoms. The van der Waals surface area contributed by atoms with Crippen molar-refractivity contribution in [2.45, 2.75) is 25.8 Å². The van der Waals surface area contributed by atoms with Gasteiger partial charge in [-0.2, -0.15) is 5.10 Å². The fourth-order valence-electron chi connectivity index (χ4n) is 2.27. The summed E-state index contributed by atoms with van der Waals surface area (Å²) in [4.78, 5) is 11.2. The molecule has 1 N–H and O–H groups in total. The van der Waals surface area contributed by atoms with Crippen LogP contribution in [0.3, 0.4) is 0 Å². The molecule has 1 atom stereocenters. The Morgan fingerprint density at radius 1 is 1.59 bits per heavy atom. The Kier molecular flexibility index (Phi) is 2.90. The van der Waals surface area contributed by atoms with Crippen molar-refractivity contribution >= 4 is 11.3 Å². The van der Waals surface area contributed by atoms with Crippen molar-refractivity contribution in [3.8, 4) is 0 Å². The molecule has 1 fully saturated rings. The first-order chi connectivity index (χ1) is 8.31. The largest absolute Gasteiger partial charge is 0.297 e. The van der Waals surface area contributed by atoms with E-state index in [4.69, 9.17) is 0 Å². The smallest absolute Gasteiger partial charge is 0.155 e. The second-order valence-electron chi connectivity index (χ2n) is 4.48. The van der Waals surface area contributed by atoms with Crippen LogP contribution in [0.4, 0.5) is 0 Å². The van der Waals surface area contributed by atoms with Gasteiger partial charge in [0.2, 0.25) is 0 Å². The minimum Gasteiger partial charge on any atom is -0.297 e. The van der Waals surface area contributed by atoms with Crippen LogP contribution in [0.15, 0.2) is 10.9 Å². The van der Waals surface area contributed by atoms with Gasteiger partial charge < -0.3 is 0 Å². The molecule has 1 unspecified atom stereocenters. The zero-order chi connectivity index (χ0) is 11.7. The summed E-state index contributed by atoms with van der Waals surface area (Å²) in [6.07, 6.45) is 1.14. The second-order valence-corrected chi connectivity index (χ2v) is 5.20. The number of hydrogen-bond acceptors (Lipinski definition) is 5. The lowest BCUT2D eigenvalue weighted by atomic mass is 10.1. The SMILES string of the molecule is Cc1nc(C2CCN(Cc3cscn3)C2)n[nH]1. The summed E-state index contributed by atoms with van der Waals surface area (Å²) in [7, 11) is 0. The van der Waals surface area contributed by atoms with Crippen LogP contribution in [0.25, 0.3) is 0 Å². The molecule has 2 aromatic heterocycles. The lowest BCUT2D eigenvalue weighted by Crippen LogP contribution is -2.20. The molecule has 1 aliphatic rings. The average molecular weight is 249 g/mol.